The van der Waals surface area contributed by atoms with Crippen molar-refractivity contribution in [3.8, 4) is 0 Å². The first-order chi connectivity index (χ1) is 5.36. The van der Waals surface area contributed by atoms with Gasteiger partial charge in [-0.3, -0.25) is 5.01 Å². The Morgan fingerprint density at radius 1 is 1.33 bits per heavy atom. The van der Waals surface area contributed by atoms with E-state index in [0.717, 1.165) is 19.8 Å². The summed E-state index contributed by atoms with van der Waals surface area (Å²) in [5.74, 6) is 0. The fourth-order valence-corrected chi connectivity index (χ4v) is 1.03. The summed E-state index contributed by atoms with van der Waals surface area (Å²) in [6.07, 6.45) is 5.37. The largest absolute Gasteiger partial charge is 0.358 e. The Balaban J connectivity index is 0.00000121. The zero-order valence-electron chi connectivity index (χ0n) is 7.79. The molecule has 0 aromatic carbocycles. The van der Waals surface area contributed by atoms with Crippen LogP contribution < -0.4 is 5.43 Å². The van der Waals surface area contributed by atoms with Crippen LogP contribution in [0, 0.1) is 0 Å². The second-order valence-electron chi connectivity index (χ2n) is 2.72. The van der Waals surface area contributed by atoms with Gasteiger partial charge in [-0.15, -0.1) is 12.4 Å². The molecule has 0 saturated carbocycles. The highest BCUT2D eigenvalue weighted by Crippen LogP contribution is 2.01. The van der Waals surface area contributed by atoms with E-state index in [-0.39, 0.29) is 12.4 Å². The molecule has 0 aromatic heterocycles. The molecular formula is C8H18ClN3. The van der Waals surface area contributed by atoms with Crippen LogP contribution in [0.25, 0.3) is 0 Å². The van der Waals surface area contributed by atoms with Crippen LogP contribution in [0.3, 0.4) is 0 Å². The van der Waals surface area contributed by atoms with Crippen molar-refractivity contribution in [2.75, 3.05) is 19.8 Å². The smallest absolute Gasteiger partial charge is 0.104 e. The monoisotopic (exact) mass is 191 g/mol. The molecule has 0 saturated heterocycles. The van der Waals surface area contributed by atoms with E-state index in [9.17, 15) is 0 Å². The lowest BCUT2D eigenvalue weighted by atomic mass is 10.5. The third-order valence-corrected chi connectivity index (χ3v) is 1.76. The van der Waals surface area contributed by atoms with Crippen LogP contribution in [0.5, 0.6) is 0 Å². The summed E-state index contributed by atoms with van der Waals surface area (Å²) in [6.45, 7) is 7.46. The lowest BCUT2D eigenvalue weighted by Gasteiger charge is -2.20. The van der Waals surface area contributed by atoms with Crippen molar-refractivity contribution in [1.82, 2.24) is 15.3 Å². The fourth-order valence-electron chi connectivity index (χ4n) is 1.03. The van der Waals surface area contributed by atoms with Crippen molar-refractivity contribution in [3.05, 3.63) is 12.4 Å². The van der Waals surface area contributed by atoms with Crippen LogP contribution in [0.1, 0.15) is 20.3 Å². The highest BCUT2D eigenvalue weighted by atomic mass is 35.5. The maximum Gasteiger partial charge on any atom is 0.104 e. The number of rotatable bonds is 4. The van der Waals surface area contributed by atoms with Gasteiger partial charge in [-0.05, 0) is 13.3 Å². The summed E-state index contributed by atoms with van der Waals surface area (Å²) >= 11 is 0. The van der Waals surface area contributed by atoms with Crippen molar-refractivity contribution in [2.45, 2.75) is 20.3 Å². The van der Waals surface area contributed by atoms with E-state index >= 15 is 0 Å². The van der Waals surface area contributed by atoms with E-state index in [4.69, 9.17) is 0 Å². The molecule has 0 radical (unpaired) electrons. The first kappa shape index (κ1) is 11.6. The molecule has 0 bridgehead atoms. The standard InChI is InChI=1S/C8H17N3.ClH/c1-3-5-9-11-7-6-10(4-2)8-11;/h6-7,9H,3-5,8H2,1-2H3;1H. The van der Waals surface area contributed by atoms with Crippen molar-refractivity contribution in [1.29, 1.82) is 0 Å². The number of nitrogens with zero attached hydrogens (tertiary/aromatic N) is 2. The topological polar surface area (TPSA) is 18.5 Å². The zero-order chi connectivity index (χ0) is 8.10. The number of hydrogen-bond donors (Lipinski definition) is 1. The Morgan fingerprint density at radius 2 is 2.08 bits per heavy atom. The number of hydrazine groups is 1. The molecule has 0 unspecified atom stereocenters. The Morgan fingerprint density at radius 3 is 2.58 bits per heavy atom. The van der Waals surface area contributed by atoms with Crippen molar-refractivity contribution < 1.29 is 0 Å². The molecule has 1 rings (SSSR count). The van der Waals surface area contributed by atoms with Gasteiger partial charge in [0.15, 0.2) is 0 Å². The lowest BCUT2D eigenvalue weighted by Crippen LogP contribution is -2.36. The molecule has 12 heavy (non-hydrogen) atoms. The third-order valence-electron chi connectivity index (χ3n) is 1.76. The van der Waals surface area contributed by atoms with Gasteiger partial charge in [-0.1, -0.05) is 6.92 Å². The van der Waals surface area contributed by atoms with Crippen LogP contribution in [-0.4, -0.2) is 29.7 Å². The summed E-state index contributed by atoms with van der Waals surface area (Å²) in [6, 6.07) is 0. The molecule has 0 amide bonds. The van der Waals surface area contributed by atoms with Gasteiger partial charge in [0.2, 0.25) is 0 Å². The second kappa shape index (κ2) is 6.14. The Labute approximate surface area is 80.8 Å². The molecule has 0 aliphatic carbocycles. The Hall–Kier alpha value is -0.410. The van der Waals surface area contributed by atoms with Gasteiger partial charge in [0.25, 0.3) is 0 Å². The van der Waals surface area contributed by atoms with Crippen molar-refractivity contribution in [2.24, 2.45) is 0 Å². The first-order valence-electron chi connectivity index (χ1n) is 4.29. The van der Waals surface area contributed by atoms with E-state index in [2.05, 4.69) is 41.6 Å². The average molecular weight is 192 g/mol. The highest BCUT2D eigenvalue weighted by Gasteiger charge is 2.07. The minimum atomic E-state index is 0. The van der Waals surface area contributed by atoms with E-state index in [0.29, 0.717) is 0 Å². The Bertz CT molecular complexity index is 138. The molecule has 1 aliphatic rings. The normalized spacial score (nSPS) is 15.2. The predicted octanol–water partition coefficient (Wildman–Crippen LogP) is 1.39. The van der Waals surface area contributed by atoms with E-state index < -0.39 is 0 Å². The first-order valence-corrected chi connectivity index (χ1v) is 4.29. The number of hydrogen-bond acceptors (Lipinski definition) is 3. The van der Waals surface area contributed by atoms with Gasteiger partial charge in [-0.2, -0.15) is 0 Å². The molecule has 72 valence electrons. The van der Waals surface area contributed by atoms with Crippen molar-refractivity contribution >= 4 is 12.4 Å². The highest BCUT2D eigenvalue weighted by molar-refractivity contribution is 5.85. The van der Waals surface area contributed by atoms with Crippen LogP contribution in [0.15, 0.2) is 12.4 Å². The van der Waals surface area contributed by atoms with Gasteiger partial charge in [0, 0.05) is 25.5 Å². The maximum absolute atomic E-state index is 3.30. The maximum atomic E-state index is 3.30. The zero-order valence-corrected chi connectivity index (χ0v) is 8.60. The SMILES string of the molecule is CCCNN1C=CN(CC)C1.Cl. The summed E-state index contributed by atoms with van der Waals surface area (Å²) in [4.78, 5) is 2.25. The minimum absolute atomic E-state index is 0. The van der Waals surface area contributed by atoms with Crippen molar-refractivity contribution in [3.63, 3.8) is 0 Å². The molecule has 3 nitrogen and oxygen atoms in total. The molecular weight excluding hydrogens is 174 g/mol. The van der Waals surface area contributed by atoms with Crippen LogP contribution in [0.4, 0.5) is 0 Å². The molecule has 4 heteroatoms. The quantitative estimate of drug-likeness (QED) is 0.725. The molecule has 0 spiro atoms. The molecule has 1 heterocycles. The molecule has 0 atom stereocenters. The molecule has 1 N–H and O–H groups in total. The van der Waals surface area contributed by atoms with Gasteiger partial charge >= 0.3 is 0 Å². The van der Waals surface area contributed by atoms with Crippen LogP contribution in [0.2, 0.25) is 0 Å². The molecule has 0 fully saturated rings. The molecule has 0 aromatic rings. The van der Waals surface area contributed by atoms with Gasteiger partial charge in [0.05, 0.1) is 0 Å². The van der Waals surface area contributed by atoms with Crippen LogP contribution in [-0.2, 0) is 0 Å². The van der Waals surface area contributed by atoms with Gasteiger partial charge in [0.1, 0.15) is 6.67 Å². The predicted molar refractivity (Wildman–Crippen MR) is 53.8 cm³/mol. The molecule has 1 aliphatic heterocycles. The number of nitrogens with one attached hydrogen (secondary N) is 1. The summed E-state index contributed by atoms with van der Waals surface area (Å²) in [5.41, 5.74) is 3.30. The average Bonchev–Trinajstić information content (AvgIpc) is 2.48. The summed E-state index contributed by atoms with van der Waals surface area (Å²) in [7, 11) is 0. The second-order valence-corrected chi connectivity index (χ2v) is 2.72. The van der Waals surface area contributed by atoms with Gasteiger partial charge in [-0.25, -0.2) is 5.43 Å². The van der Waals surface area contributed by atoms with E-state index in [1.54, 1.807) is 0 Å². The summed E-state index contributed by atoms with van der Waals surface area (Å²) < 4.78 is 0. The van der Waals surface area contributed by atoms with Gasteiger partial charge < -0.3 is 4.90 Å². The van der Waals surface area contributed by atoms with Crippen LogP contribution >= 0.6 is 12.4 Å². The third kappa shape index (κ3) is 3.32. The van der Waals surface area contributed by atoms with E-state index in [1.165, 1.54) is 6.42 Å². The lowest BCUT2D eigenvalue weighted by molar-refractivity contribution is 0.210. The number of halogens is 1. The Kier molecular flexibility index (Phi) is 5.93. The summed E-state index contributed by atoms with van der Waals surface area (Å²) in [5, 5.41) is 2.12. The minimum Gasteiger partial charge on any atom is -0.358 e. The van der Waals surface area contributed by atoms with E-state index in [1.807, 2.05) is 0 Å². The fraction of sp³-hybridized carbons (Fsp3) is 0.750.